The lowest BCUT2D eigenvalue weighted by Gasteiger charge is -2.38. The van der Waals surface area contributed by atoms with Gasteiger partial charge in [-0.25, -0.2) is 9.78 Å². The molecule has 0 radical (unpaired) electrons. The molecule has 2 aromatic heterocycles. The molecule has 2 N–H and O–H groups in total. The maximum Gasteiger partial charge on any atom is 0.417 e. The summed E-state index contributed by atoms with van der Waals surface area (Å²) >= 11 is 7.39. The van der Waals surface area contributed by atoms with Gasteiger partial charge >= 0.3 is 5.76 Å². The van der Waals surface area contributed by atoms with E-state index in [-0.39, 0.29) is 24.8 Å². The molecule has 0 saturated heterocycles. The molecule has 0 atom stereocenters. The second-order valence-electron chi connectivity index (χ2n) is 8.24. The monoisotopic (exact) mass is 498 g/mol. The van der Waals surface area contributed by atoms with Crippen LogP contribution < -0.4 is 20.7 Å². The van der Waals surface area contributed by atoms with Gasteiger partial charge in [0, 0.05) is 28.9 Å². The lowest BCUT2D eigenvalue weighted by molar-refractivity contribution is -0.132. The molecule has 5 rings (SSSR count). The maximum atomic E-state index is 12.9. The Kier molecular flexibility index (Phi) is 5.41. The number of oxazole rings is 1. The highest BCUT2D eigenvalue weighted by Crippen LogP contribution is 2.39. The first-order valence-electron chi connectivity index (χ1n) is 10.4. The van der Waals surface area contributed by atoms with Gasteiger partial charge in [-0.2, -0.15) is 0 Å². The standard InChI is InChI=1S/C23H19ClN4O5S/c1-23(2)20(30)28(16-10-13(24)4-6-17(16)33-23)8-7-19(29)27-21-25-15(11-34-21)12-3-5-14-18(9-12)32-22(31)26-14/h3-6,9-11H,7-8H2,1-2H3,(H,26,31)(H,25,27,29). The first-order valence-corrected chi connectivity index (χ1v) is 11.6. The molecule has 4 aromatic rings. The number of ether oxygens (including phenoxy) is 1. The fraction of sp³-hybridized carbons (Fsp3) is 0.217. The molecule has 174 valence electrons. The van der Waals surface area contributed by atoms with E-state index in [1.807, 2.05) is 6.07 Å². The van der Waals surface area contributed by atoms with E-state index < -0.39 is 11.4 Å². The van der Waals surface area contributed by atoms with Crippen molar-refractivity contribution in [2.45, 2.75) is 25.9 Å². The molecule has 9 nitrogen and oxygen atoms in total. The number of nitrogens with zero attached hydrogens (tertiary/aromatic N) is 2. The summed E-state index contributed by atoms with van der Waals surface area (Å²) in [6.45, 7) is 3.53. The molecule has 1 aliphatic rings. The van der Waals surface area contributed by atoms with Gasteiger partial charge in [-0.3, -0.25) is 14.6 Å². The molecule has 3 heterocycles. The summed E-state index contributed by atoms with van der Waals surface area (Å²) < 4.78 is 10.9. The number of carbonyl (C=O) groups excluding carboxylic acids is 2. The Labute approximate surface area is 202 Å². The predicted octanol–water partition coefficient (Wildman–Crippen LogP) is 4.43. The van der Waals surface area contributed by atoms with Crippen molar-refractivity contribution < 1.29 is 18.7 Å². The summed E-state index contributed by atoms with van der Waals surface area (Å²) in [5, 5.41) is 5.47. The average Bonchev–Trinajstić information content (AvgIpc) is 3.39. The van der Waals surface area contributed by atoms with E-state index >= 15 is 0 Å². The minimum Gasteiger partial charge on any atom is -0.476 e. The number of carbonyl (C=O) groups is 2. The molecule has 0 saturated carbocycles. The van der Waals surface area contributed by atoms with Crippen molar-refractivity contribution in [2.24, 2.45) is 0 Å². The highest BCUT2D eigenvalue weighted by Gasteiger charge is 2.41. The van der Waals surface area contributed by atoms with E-state index in [0.29, 0.717) is 38.4 Å². The lowest BCUT2D eigenvalue weighted by atomic mass is 10.0. The molecule has 0 bridgehead atoms. The number of hydrogen-bond donors (Lipinski definition) is 2. The van der Waals surface area contributed by atoms with Crippen LogP contribution in [0.4, 0.5) is 10.8 Å². The Morgan fingerprint density at radius 1 is 1.24 bits per heavy atom. The third-order valence-electron chi connectivity index (χ3n) is 5.37. The highest BCUT2D eigenvalue weighted by molar-refractivity contribution is 7.14. The number of rotatable bonds is 5. The number of aromatic nitrogens is 2. The van der Waals surface area contributed by atoms with Crippen molar-refractivity contribution in [1.82, 2.24) is 9.97 Å². The van der Waals surface area contributed by atoms with E-state index in [2.05, 4.69) is 15.3 Å². The van der Waals surface area contributed by atoms with Crippen LogP contribution in [0, 0.1) is 0 Å². The second-order valence-corrected chi connectivity index (χ2v) is 9.54. The van der Waals surface area contributed by atoms with Crippen LogP contribution >= 0.6 is 22.9 Å². The Hall–Kier alpha value is -3.63. The van der Waals surface area contributed by atoms with E-state index in [0.717, 1.165) is 5.56 Å². The number of thiazole rings is 1. The van der Waals surface area contributed by atoms with Crippen molar-refractivity contribution in [2.75, 3.05) is 16.8 Å². The van der Waals surface area contributed by atoms with Gasteiger partial charge in [0.2, 0.25) is 5.91 Å². The summed E-state index contributed by atoms with van der Waals surface area (Å²) in [6.07, 6.45) is 0.0587. The molecule has 11 heteroatoms. The van der Waals surface area contributed by atoms with Gasteiger partial charge < -0.3 is 19.4 Å². The van der Waals surface area contributed by atoms with Gasteiger partial charge in [0.1, 0.15) is 5.75 Å². The Morgan fingerprint density at radius 2 is 2.06 bits per heavy atom. The molecule has 2 aromatic carbocycles. The van der Waals surface area contributed by atoms with Gasteiger partial charge in [-0.1, -0.05) is 17.7 Å². The molecule has 1 aliphatic heterocycles. The van der Waals surface area contributed by atoms with Gasteiger partial charge in [-0.15, -0.1) is 11.3 Å². The molecular formula is C23H19ClN4O5S. The lowest BCUT2D eigenvalue weighted by Crippen LogP contribution is -2.53. The van der Waals surface area contributed by atoms with Gasteiger partial charge in [-0.05, 0) is 44.2 Å². The minimum absolute atomic E-state index is 0.0587. The minimum atomic E-state index is -1.05. The van der Waals surface area contributed by atoms with Crippen molar-refractivity contribution >= 4 is 56.7 Å². The zero-order valence-corrected chi connectivity index (χ0v) is 19.7. The maximum absolute atomic E-state index is 12.9. The van der Waals surface area contributed by atoms with Crippen LogP contribution in [-0.4, -0.2) is 33.9 Å². The number of benzene rings is 2. The summed E-state index contributed by atoms with van der Waals surface area (Å²) in [6, 6.07) is 10.3. The van der Waals surface area contributed by atoms with Crippen molar-refractivity contribution in [3.05, 3.63) is 57.4 Å². The summed E-state index contributed by atoms with van der Waals surface area (Å²) in [5.41, 5.74) is 1.90. The largest absolute Gasteiger partial charge is 0.476 e. The number of amides is 2. The molecule has 0 spiro atoms. The van der Waals surface area contributed by atoms with Crippen LogP contribution in [0.2, 0.25) is 5.02 Å². The zero-order valence-electron chi connectivity index (χ0n) is 18.2. The Balaban J connectivity index is 1.28. The van der Waals surface area contributed by atoms with Crippen LogP contribution in [0.5, 0.6) is 5.75 Å². The predicted molar refractivity (Wildman–Crippen MR) is 130 cm³/mol. The molecular weight excluding hydrogens is 480 g/mol. The number of H-pyrrole nitrogens is 1. The molecule has 2 amide bonds. The van der Waals surface area contributed by atoms with Crippen molar-refractivity contribution in [3.63, 3.8) is 0 Å². The Morgan fingerprint density at radius 3 is 2.88 bits per heavy atom. The van der Waals surface area contributed by atoms with Crippen LogP contribution in [0.3, 0.4) is 0 Å². The van der Waals surface area contributed by atoms with Gasteiger partial charge in [0.05, 0.1) is 16.9 Å². The van der Waals surface area contributed by atoms with Crippen molar-refractivity contribution in [3.8, 4) is 17.0 Å². The smallest absolute Gasteiger partial charge is 0.417 e. The summed E-state index contributed by atoms with van der Waals surface area (Å²) in [7, 11) is 0. The third kappa shape index (κ3) is 4.17. The number of anilines is 2. The van der Waals surface area contributed by atoms with E-state index in [4.69, 9.17) is 20.8 Å². The number of nitrogens with one attached hydrogen (secondary N) is 2. The Bertz CT molecular complexity index is 1490. The van der Waals surface area contributed by atoms with E-state index in [1.54, 1.807) is 49.6 Å². The SMILES string of the molecule is CC1(C)Oc2ccc(Cl)cc2N(CCC(=O)Nc2nc(-c3ccc4[nH]c(=O)oc4c3)cs2)C1=O. The first kappa shape index (κ1) is 22.2. The normalized spacial score (nSPS) is 14.7. The van der Waals surface area contributed by atoms with Crippen LogP contribution in [0.15, 0.2) is 51.0 Å². The first-order chi connectivity index (χ1) is 16.2. The number of hydrogen-bond acceptors (Lipinski definition) is 7. The van der Waals surface area contributed by atoms with Crippen LogP contribution in [0.25, 0.3) is 22.4 Å². The summed E-state index contributed by atoms with van der Waals surface area (Å²) in [4.78, 5) is 45.5. The highest BCUT2D eigenvalue weighted by atomic mass is 35.5. The zero-order chi connectivity index (χ0) is 24.0. The van der Waals surface area contributed by atoms with E-state index in [9.17, 15) is 14.4 Å². The van der Waals surface area contributed by atoms with Gasteiger partial charge in [0.25, 0.3) is 5.91 Å². The number of aromatic amines is 1. The van der Waals surface area contributed by atoms with Crippen LogP contribution in [0.1, 0.15) is 20.3 Å². The van der Waals surface area contributed by atoms with Crippen LogP contribution in [-0.2, 0) is 9.59 Å². The van der Waals surface area contributed by atoms with Crippen molar-refractivity contribution in [1.29, 1.82) is 0 Å². The fourth-order valence-electron chi connectivity index (χ4n) is 3.73. The molecule has 0 fully saturated rings. The van der Waals surface area contributed by atoms with E-state index in [1.165, 1.54) is 16.2 Å². The summed E-state index contributed by atoms with van der Waals surface area (Å²) in [5.74, 6) is -0.522. The molecule has 34 heavy (non-hydrogen) atoms. The topological polar surface area (TPSA) is 118 Å². The second kappa shape index (κ2) is 8.30. The quantitative estimate of drug-likeness (QED) is 0.420. The fourth-order valence-corrected chi connectivity index (χ4v) is 4.63. The third-order valence-corrected chi connectivity index (χ3v) is 6.36. The number of fused-ring (bicyclic) bond motifs is 2. The average molecular weight is 499 g/mol. The number of halogens is 1. The molecule has 0 aliphatic carbocycles. The van der Waals surface area contributed by atoms with Gasteiger partial charge in [0.15, 0.2) is 16.3 Å². The molecule has 0 unspecified atom stereocenters.